The SMILES string of the molecule is CNC(=O)CC1N=C(c2ccc(N3CCOCC3=O)cc2)c2cc(OC)c(OC)cc2CC1C. The Labute approximate surface area is 199 Å². The first-order chi connectivity index (χ1) is 16.4. The van der Waals surface area contributed by atoms with Crippen molar-refractivity contribution >= 4 is 23.2 Å². The van der Waals surface area contributed by atoms with Gasteiger partial charge in [-0.1, -0.05) is 19.1 Å². The van der Waals surface area contributed by atoms with Gasteiger partial charge in [-0.2, -0.15) is 0 Å². The third-order valence-electron chi connectivity index (χ3n) is 6.47. The molecule has 2 aliphatic heterocycles. The van der Waals surface area contributed by atoms with E-state index in [9.17, 15) is 9.59 Å². The van der Waals surface area contributed by atoms with E-state index in [1.807, 2.05) is 36.4 Å². The molecule has 180 valence electrons. The van der Waals surface area contributed by atoms with Gasteiger partial charge < -0.3 is 24.4 Å². The van der Waals surface area contributed by atoms with Gasteiger partial charge in [0.25, 0.3) is 5.91 Å². The van der Waals surface area contributed by atoms with E-state index in [2.05, 4.69) is 12.2 Å². The van der Waals surface area contributed by atoms with E-state index in [4.69, 9.17) is 19.2 Å². The lowest BCUT2D eigenvalue weighted by Crippen LogP contribution is -2.41. The van der Waals surface area contributed by atoms with Crippen molar-refractivity contribution in [2.24, 2.45) is 10.9 Å². The van der Waals surface area contributed by atoms with Gasteiger partial charge in [-0.3, -0.25) is 14.6 Å². The van der Waals surface area contributed by atoms with Gasteiger partial charge in [0.15, 0.2) is 11.5 Å². The lowest BCUT2D eigenvalue weighted by atomic mass is 9.90. The Morgan fingerprint density at radius 2 is 1.88 bits per heavy atom. The quantitative estimate of drug-likeness (QED) is 0.708. The summed E-state index contributed by atoms with van der Waals surface area (Å²) in [6, 6.07) is 11.6. The molecule has 0 spiro atoms. The minimum Gasteiger partial charge on any atom is -0.493 e. The molecule has 4 rings (SSSR count). The molecule has 1 fully saturated rings. The molecule has 8 nitrogen and oxygen atoms in total. The Hall–Kier alpha value is -3.39. The van der Waals surface area contributed by atoms with Crippen molar-refractivity contribution in [1.82, 2.24) is 5.32 Å². The minimum absolute atomic E-state index is 0.0396. The van der Waals surface area contributed by atoms with Crippen LogP contribution in [0.2, 0.25) is 0 Å². The van der Waals surface area contributed by atoms with E-state index in [0.717, 1.165) is 34.5 Å². The first-order valence-corrected chi connectivity index (χ1v) is 11.5. The van der Waals surface area contributed by atoms with E-state index >= 15 is 0 Å². The third kappa shape index (κ3) is 4.77. The molecule has 0 saturated carbocycles. The highest BCUT2D eigenvalue weighted by atomic mass is 16.5. The van der Waals surface area contributed by atoms with Crippen molar-refractivity contribution in [1.29, 1.82) is 0 Å². The van der Waals surface area contributed by atoms with Crippen LogP contribution in [0.15, 0.2) is 41.4 Å². The normalized spacial score (nSPS) is 20.2. The second-order valence-electron chi connectivity index (χ2n) is 8.61. The number of nitrogens with one attached hydrogen (secondary N) is 1. The molecule has 2 unspecified atom stereocenters. The number of hydrogen-bond donors (Lipinski definition) is 1. The van der Waals surface area contributed by atoms with Gasteiger partial charge in [-0.05, 0) is 42.2 Å². The maximum atomic E-state index is 12.2. The molecular weight excluding hydrogens is 434 g/mol. The van der Waals surface area contributed by atoms with Gasteiger partial charge in [0, 0.05) is 36.8 Å². The van der Waals surface area contributed by atoms with Gasteiger partial charge in [0.1, 0.15) is 6.61 Å². The molecule has 0 bridgehead atoms. The summed E-state index contributed by atoms with van der Waals surface area (Å²) in [5.74, 6) is 1.35. The number of methoxy groups -OCH3 is 2. The molecule has 2 amide bonds. The maximum absolute atomic E-state index is 12.2. The van der Waals surface area contributed by atoms with Crippen LogP contribution in [0.25, 0.3) is 0 Å². The molecule has 2 aromatic rings. The van der Waals surface area contributed by atoms with E-state index in [0.29, 0.717) is 31.1 Å². The van der Waals surface area contributed by atoms with Crippen LogP contribution >= 0.6 is 0 Å². The Morgan fingerprint density at radius 3 is 2.53 bits per heavy atom. The fourth-order valence-electron chi connectivity index (χ4n) is 4.52. The second-order valence-corrected chi connectivity index (χ2v) is 8.61. The molecule has 34 heavy (non-hydrogen) atoms. The number of morpholine rings is 1. The summed E-state index contributed by atoms with van der Waals surface area (Å²) < 4.78 is 16.4. The van der Waals surface area contributed by atoms with E-state index in [1.54, 1.807) is 26.2 Å². The molecule has 2 heterocycles. The Bertz CT molecular complexity index is 1100. The van der Waals surface area contributed by atoms with Gasteiger partial charge in [0.05, 0.1) is 32.6 Å². The summed E-state index contributed by atoms with van der Waals surface area (Å²) in [4.78, 5) is 31.3. The van der Waals surface area contributed by atoms with Crippen molar-refractivity contribution < 1.29 is 23.8 Å². The number of aliphatic imine (C=N–C) groups is 1. The summed E-state index contributed by atoms with van der Waals surface area (Å²) in [5, 5.41) is 2.72. The molecule has 1 saturated heterocycles. The Kier molecular flexibility index (Phi) is 7.17. The number of rotatable bonds is 6. The fraction of sp³-hybridized carbons (Fsp3) is 0.423. The number of anilines is 1. The zero-order valence-corrected chi connectivity index (χ0v) is 20.1. The molecular formula is C26H31N3O5. The molecule has 8 heteroatoms. The third-order valence-corrected chi connectivity index (χ3v) is 6.47. The molecule has 2 aliphatic rings. The van der Waals surface area contributed by atoms with Crippen molar-refractivity contribution in [3.8, 4) is 11.5 Å². The van der Waals surface area contributed by atoms with Crippen LogP contribution in [0, 0.1) is 5.92 Å². The van der Waals surface area contributed by atoms with Crippen LogP contribution < -0.4 is 19.7 Å². The van der Waals surface area contributed by atoms with Crippen LogP contribution in [0.1, 0.15) is 30.0 Å². The molecule has 0 aliphatic carbocycles. The highest BCUT2D eigenvalue weighted by molar-refractivity contribution is 6.14. The zero-order valence-electron chi connectivity index (χ0n) is 20.1. The van der Waals surface area contributed by atoms with Crippen molar-refractivity contribution in [3.63, 3.8) is 0 Å². The zero-order chi connectivity index (χ0) is 24.2. The highest BCUT2D eigenvalue weighted by Crippen LogP contribution is 2.36. The molecule has 2 aromatic carbocycles. The Morgan fingerprint density at radius 1 is 1.18 bits per heavy atom. The number of carbonyl (C=O) groups is 2. The standard InChI is InChI=1S/C26H31N3O5/c1-16-11-18-12-22(32-3)23(33-4)13-20(18)26(28-21(16)14-24(30)27-2)17-5-7-19(8-6-17)29-9-10-34-15-25(29)31/h5-8,12-13,16,21H,9-11,14-15H2,1-4H3,(H,27,30). The Balaban J connectivity index is 1.79. The molecule has 1 N–H and O–H groups in total. The van der Waals surface area contributed by atoms with E-state index in [1.165, 1.54) is 0 Å². The minimum atomic E-state index is -0.181. The monoisotopic (exact) mass is 465 g/mol. The number of benzene rings is 2. The van der Waals surface area contributed by atoms with Crippen LogP contribution in [0.5, 0.6) is 11.5 Å². The van der Waals surface area contributed by atoms with Crippen LogP contribution in [0.4, 0.5) is 5.69 Å². The predicted molar refractivity (Wildman–Crippen MR) is 130 cm³/mol. The van der Waals surface area contributed by atoms with Gasteiger partial charge >= 0.3 is 0 Å². The second kappa shape index (κ2) is 10.3. The van der Waals surface area contributed by atoms with Gasteiger partial charge in [-0.15, -0.1) is 0 Å². The topological polar surface area (TPSA) is 89.5 Å². The van der Waals surface area contributed by atoms with Gasteiger partial charge in [-0.25, -0.2) is 0 Å². The number of carbonyl (C=O) groups excluding carboxylic acids is 2. The predicted octanol–water partition coefficient (Wildman–Crippen LogP) is 2.60. The van der Waals surface area contributed by atoms with Crippen LogP contribution in [-0.2, 0) is 20.7 Å². The summed E-state index contributed by atoms with van der Waals surface area (Å²) in [5.41, 5.74) is 4.59. The lowest BCUT2D eigenvalue weighted by molar-refractivity contribution is -0.125. The fourth-order valence-corrected chi connectivity index (χ4v) is 4.52. The number of fused-ring (bicyclic) bond motifs is 1. The van der Waals surface area contributed by atoms with Crippen LogP contribution in [0.3, 0.4) is 0 Å². The average Bonchev–Trinajstić information content (AvgIpc) is 2.99. The summed E-state index contributed by atoms with van der Waals surface area (Å²) in [7, 11) is 4.88. The first kappa shape index (κ1) is 23.8. The largest absolute Gasteiger partial charge is 0.493 e. The number of amides is 2. The van der Waals surface area contributed by atoms with Crippen molar-refractivity contribution in [2.75, 3.05) is 45.9 Å². The first-order valence-electron chi connectivity index (χ1n) is 11.5. The highest BCUT2D eigenvalue weighted by Gasteiger charge is 2.28. The maximum Gasteiger partial charge on any atom is 0.253 e. The van der Waals surface area contributed by atoms with Crippen molar-refractivity contribution in [2.45, 2.75) is 25.8 Å². The molecule has 2 atom stereocenters. The molecule has 0 aromatic heterocycles. The molecule has 0 radical (unpaired) electrons. The number of nitrogens with zero attached hydrogens (tertiary/aromatic N) is 2. The summed E-state index contributed by atoms with van der Waals surface area (Å²) >= 11 is 0. The van der Waals surface area contributed by atoms with Crippen LogP contribution in [-0.4, -0.2) is 64.6 Å². The lowest BCUT2D eigenvalue weighted by Gasteiger charge is -2.27. The number of ether oxygens (including phenoxy) is 3. The van der Waals surface area contributed by atoms with E-state index < -0.39 is 0 Å². The smallest absolute Gasteiger partial charge is 0.253 e. The number of hydrogen-bond acceptors (Lipinski definition) is 6. The summed E-state index contributed by atoms with van der Waals surface area (Å²) in [6.45, 7) is 3.27. The van der Waals surface area contributed by atoms with E-state index in [-0.39, 0.29) is 30.4 Å². The van der Waals surface area contributed by atoms with Gasteiger partial charge in [0.2, 0.25) is 5.91 Å². The van der Waals surface area contributed by atoms with Crippen molar-refractivity contribution in [3.05, 3.63) is 53.1 Å². The average molecular weight is 466 g/mol. The summed E-state index contributed by atoms with van der Waals surface area (Å²) in [6.07, 6.45) is 1.06.